The van der Waals surface area contributed by atoms with Crippen LogP contribution in [-0.4, -0.2) is 52.3 Å². The molecule has 2 heterocycles. The fraction of sp³-hybridized carbons (Fsp3) is 0.500. The summed E-state index contributed by atoms with van der Waals surface area (Å²) in [6, 6.07) is 6.47. The number of nitrogens with zero attached hydrogens (tertiary/aromatic N) is 3. The average molecular weight is 455 g/mol. The third-order valence-electron chi connectivity index (χ3n) is 6.63. The van der Waals surface area contributed by atoms with Crippen LogP contribution in [0.2, 0.25) is 0 Å². The molecule has 0 spiro atoms. The van der Waals surface area contributed by atoms with Crippen LogP contribution in [0.5, 0.6) is 0 Å². The third kappa shape index (κ3) is 5.96. The van der Waals surface area contributed by atoms with E-state index in [1.54, 1.807) is 12.1 Å². The van der Waals surface area contributed by atoms with Gasteiger partial charge in [0.15, 0.2) is 0 Å². The van der Waals surface area contributed by atoms with E-state index in [-0.39, 0.29) is 29.6 Å². The van der Waals surface area contributed by atoms with Gasteiger partial charge in [0.25, 0.3) is 5.91 Å². The number of aryl methyl sites for hydroxylation is 1. The second-order valence-electron chi connectivity index (χ2n) is 9.01. The van der Waals surface area contributed by atoms with Crippen molar-refractivity contribution in [3.8, 4) is 0 Å². The summed E-state index contributed by atoms with van der Waals surface area (Å²) in [7, 11) is 0. The van der Waals surface area contributed by atoms with Crippen molar-refractivity contribution in [3.05, 3.63) is 58.7 Å². The number of nitrogens with one attached hydrogen (secondary N) is 1. The zero-order chi connectivity index (χ0) is 24.1. The van der Waals surface area contributed by atoms with E-state index in [0.717, 1.165) is 42.8 Å². The molecule has 0 radical (unpaired) electrons. The maximum Gasteiger partial charge on any atom is 0.257 e. The van der Waals surface area contributed by atoms with Gasteiger partial charge in [-0.2, -0.15) is 0 Å². The SMILES string of the molecule is CCC(CC)C(=O)N1CCN(Cc2cc(F)cc(NC(=O)c3ccc(C)nc3)c2C)C[C@@H]1C. The molecule has 2 amide bonds. The first-order valence-corrected chi connectivity index (χ1v) is 11.8. The molecule has 1 aromatic carbocycles. The lowest BCUT2D eigenvalue weighted by Gasteiger charge is -2.41. The molecule has 1 aliphatic heterocycles. The third-order valence-corrected chi connectivity index (χ3v) is 6.63. The minimum atomic E-state index is -0.386. The number of piperazine rings is 1. The van der Waals surface area contributed by atoms with Crippen LogP contribution in [-0.2, 0) is 11.3 Å². The average Bonchev–Trinajstić information content (AvgIpc) is 2.78. The number of pyridine rings is 1. The van der Waals surface area contributed by atoms with Crippen LogP contribution in [0, 0.1) is 25.6 Å². The predicted octanol–water partition coefficient (Wildman–Crippen LogP) is 4.56. The van der Waals surface area contributed by atoms with E-state index in [9.17, 15) is 14.0 Å². The lowest BCUT2D eigenvalue weighted by Crippen LogP contribution is -2.55. The molecule has 1 fully saturated rings. The second-order valence-corrected chi connectivity index (χ2v) is 9.01. The van der Waals surface area contributed by atoms with Gasteiger partial charge in [-0.3, -0.25) is 19.5 Å². The topological polar surface area (TPSA) is 65.5 Å². The Bertz CT molecular complexity index is 989. The highest BCUT2D eigenvalue weighted by Gasteiger charge is 2.30. The number of halogens is 1. The van der Waals surface area contributed by atoms with E-state index in [4.69, 9.17) is 0 Å². The van der Waals surface area contributed by atoms with E-state index < -0.39 is 0 Å². The molecule has 7 heteroatoms. The number of anilines is 1. The van der Waals surface area contributed by atoms with Crippen molar-refractivity contribution in [3.63, 3.8) is 0 Å². The summed E-state index contributed by atoms with van der Waals surface area (Å²) in [4.78, 5) is 33.8. The Hall–Kier alpha value is -2.80. The molecular formula is C26H35FN4O2. The quantitative estimate of drug-likeness (QED) is 0.666. The fourth-order valence-corrected chi connectivity index (χ4v) is 4.44. The number of aromatic nitrogens is 1. The molecule has 1 atom stereocenters. The molecule has 1 saturated heterocycles. The molecule has 1 N–H and O–H groups in total. The highest BCUT2D eigenvalue weighted by atomic mass is 19.1. The van der Waals surface area contributed by atoms with Crippen molar-refractivity contribution in [2.75, 3.05) is 25.0 Å². The molecule has 6 nitrogen and oxygen atoms in total. The van der Waals surface area contributed by atoms with Crippen LogP contribution in [0.25, 0.3) is 0 Å². The monoisotopic (exact) mass is 454 g/mol. The van der Waals surface area contributed by atoms with Gasteiger partial charge in [0.05, 0.1) is 5.56 Å². The van der Waals surface area contributed by atoms with Gasteiger partial charge >= 0.3 is 0 Å². The summed E-state index contributed by atoms with van der Waals surface area (Å²) >= 11 is 0. The first-order valence-electron chi connectivity index (χ1n) is 11.8. The summed E-state index contributed by atoms with van der Waals surface area (Å²) in [6.07, 6.45) is 3.24. The Labute approximate surface area is 196 Å². The first kappa shape index (κ1) is 24.8. The number of hydrogen-bond donors (Lipinski definition) is 1. The Balaban J connectivity index is 1.69. The van der Waals surface area contributed by atoms with Crippen LogP contribution in [0.4, 0.5) is 10.1 Å². The van der Waals surface area contributed by atoms with E-state index >= 15 is 0 Å². The lowest BCUT2D eigenvalue weighted by molar-refractivity contribution is -0.140. The zero-order valence-electron chi connectivity index (χ0n) is 20.3. The van der Waals surface area contributed by atoms with E-state index in [1.165, 1.54) is 18.3 Å². The van der Waals surface area contributed by atoms with E-state index in [2.05, 4.69) is 36.0 Å². The van der Waals surface area contributed by atoms with Crippen molar-refractivity contribution >= 4 is 17.5 Å². The molecule has 0 unspecified atom stereocenters. The molecule has 0 bridgehead atoms. The van der Waals surface area contributed by atoms with E-state index in [1.807, 2.05) is 18.7 Å². The molecule has 0 saturated carbocycles. The summed E-state index contributed by atoms with van der Waals surface area (Å²) < 4.78 is 14.4. The van der Waals surface area contributed by atoms with Crippen LogP contribution in [0.15, 0.2) is 30.5 Å². The Morgan fingerprint density at radius 2 is 1.91 bits per heavy atom. The molecule has 1 aliphatic rings. The molecule has 0 aliphatic carbocycles. The number of carbonyl (C=O) groups excluding carboxylic acids is 2. The summed E-state index contributed by atoms with van der Waals surface area (Å²) in [5.74, 6) is -0.378. The maximum absolute atomic E-state index is 14.4. The van der Waals surface area contributed by atoms with Crippen molar-refractivity contribution < 1.29 is 14.0 Å². The molecule has 3 rings (SSSR count). The van der Waals surface area contributed by atoms with Gasteiger partial charge in [-0.05, 0) is 69.0 Å². The predicted molar refractivity (Wildman–Crippen MR) is 129 cm³/mol. The number of carbonyl (C=O) groups is 2. The highest BCUT2D eigenvalue weighted by molar-refractivity contribution is 6.04. The van der Waals surface area contributed by atoms with Crippen LogP contribution in [0.3, 0.4) is 0 Å². The largest absolute Gasteiger partial charge is 0.337 e. The highest BCUT2D eigenvalue weighted by Crippen LogP contribution is 2.25. The van der Waals surface area contributed by atoms with Gasteiger partial charge in [-0.1, -0.05) is 13.8 Å². The van der Waals surface area contributed by atoms with Gasteiger partial charge in [-0.15, -0.1) is 0 Å². The van der Waals surface area contributed by atoms with Crippen molar-refractivity contribution in [2.24, 2.45) is 5.92 Å². The van der Waals surface area contributed by atoms with Crippen molar-refractivity contribution in [2.45, 2.75) is 60.0 Å². The summed E-state index contributed by atoms with van der Waals surface area (Å²) in [5.41, 5.74) is 3.39. The van der Waals surface area contributed by atoms with Crippen molar-refractivity contribution in [1.29, 1.82) is 0 Å². The van der Waals surface area contributed by atoms with Crippen LogP contribution < -0.4 is 5.32 Å². The van der Waals surface area contributed by atoms with Crippen LogP contribution >= 0.6 is 0 Å². The van der Waals surface area contributed by atoms with E-state index in [0.29, 0.717) is 24.3 Å². The minimum absolute atomic E-state index is 0.0827. The van der Waals surface area contributed by atoms with Gasteiger partial charge in [0.1, 0.15) is 5.82 Å². The lowest BCUT2D eigenvalue weighted by atomic mass is 9.99. The molecule has 1 aromatic heterocycles. The molecule has 33 heavy (non-hydrogen) atoms. The molecular weight excluding hydrogens is 419 g/mol. The molecule has 178 valence electrons. The van der Waals surface area contributed by atoms with Gasteiger partial charge in [0, 0.05) is 55.7 Å². The molecule has 2 aromatic rings. The van der Waals surface area contributed by atoms with Gasteiger partial charge in [0.2, 0.25) is 5.91 Å². The number of amides is 2. The Morgan fingerprint density at radius 3 is 2.52 bits per heavy atom. The normalized spacial score (nSPS) is 16.8. The summed E-state index contributed by atoms with van der Waals surface area (Å²) in [6.45, 7) is 12.7. The Morgan fingerprint density at radius 1 is 1.18 bits per heavy atom. The first-order chi connectivity index (χ1) is 15.7. The van der Waals surface area contributed by atoms with Crippen molar-refractivity contribution in [1.82, 2.24) is 14.8 Å². The fourth-order valence-electron chi connectivity index (χ4n) is 4.44. The standard InChI is InChI=1S/C26H35FN4O2/c1-6-20(7-2)26(33)31-11-10-30(15-18(31)4)16-22-12-23(27)13-24(19(22)5)29-25(32)21-9-8-17(3)28-14-21/h8-9,12-14,18,20H,6-7,10-11,15-16H2,1-5H3,(H,29,32)/t18-/m0/s1. The number of benzene rings is 1. The minimum Gasteiger partial charge on any atom is -0.337 e. The summed E-state index contributed by atoms with van der Waals surface area (Å²) in [5, 5.41) is 2.83. The number of rotatable bonds is 7. The smallest absolute Gasteiger partial charge is 0.257 e. The maximum atomic E-state index is 14.4. The van der Waals surface area contributed by atoms with Gasteiger partial charge in [-0.25, -0.2) is 4.39 Å². The second kappa shape index (κ2) is 10.9. The zero-order valence-corrected chi connectivity index (χ0v) is 20.3. The van der Waals surface area contributed by atoms with Crippen LogP contribution in [0.1, 0.15) is 60.8 Å². The van der Waals surface area contributed by atoms with Gasteiger partial charge < -0.3 is 10.2 Å². The Kier molecular flexibility index (Phi) is 8.19. The number of hydrogen-bond acceptors (Lipinski definition) is 4.